The zero-order valence-electron chi connectivity index (χ0n) is 17.5. The highest BCUT2D eigenvalue weighted by atomic mass is 19.1. The van der Waals surface area contributed by atoms with Gasteiger partial charge in [0.2, 0.25) is 0 Å². The third-order valence-electron chi connectivity index (χ3n) is 6.39. The molecule has 3 aromatic rings. The molecule has 0 unspecified atom stereocenters. The molecule has 1 saturated carbocycles. The molecule has 0 nitrogen and oxygen atoms in total. The van der Waals surface area contributed by atoms with Crippen LogP contribution >= 0.6 is 0 Å². The number of rotatable bonds is 3. The van der Waals surface area contributed by atoms with Gasteiger partial charge in [0.15, 0.2) is 0 Å². The molecular weight excluding hydrogens is 355 g/mol. The van der Waals surface area contributed by atoms with Crippen molar-refractivity contribution in [1.82, 2.24) is 0 Å². The van der Waals surface area contributed by atoms with Crippen LogP contribution in [0.1, 0.15) is 73.6 Å². The maximum absolute atomic E-state index is 15.0. The molecule has 3 aromatic carbocycles. The fourth-order valence-corrected chi connectivity index (χ4v) is 4.63. The van der Waals surface area contributed by atoms with Crippen LogP contribution in [0.25, 0.3) is 10.8 Å². The van der Waals surface area contributed by atoms with Crippen LogP contribution in [0.4, 0.5) is 4.39 Å². The molecule has 0 radical (unpaired) electrons. The summed E-state index contributed by atoms with van der Waals surface area (Å²) in [6.07, 6.45) is 7.84. The van der Waals surface area contributed by atoms with Crippen molar-refractivity contribution in [1.29, 1.82) is 0 Å². The number of benzene rings is 3. The zero-order valence-corrected chi connectivity index (χ0v) is 17.5. The maximum atomic E-state index is 15.0. The summed E-state index contributed by atoms with van der Waals surface area (Å²) in [6.45, 7) is 4.33. The average Bonchev–Trinajstić information content (AvgIpc) is 2.75. The van der Waals surface area contributed by atoms with Gasteiger partial charge in [0.05, 0.1) is 5.56 Å². The third kappa shape index (κ3) is 4.54. The Morgan fingerprint density at radius 3 is 2.38 bits per heavy atom. The summed E-state index contributed by atoms with van der Waals surface area (Å²) < 4.78 is 15.0. The highest BCUT2D eigenvalue weighted by molar-refractivity contribution is 5.85. The van der Waals surface area contributed by atoms with Crippen LogP contribution in [0.5, 0.6) is 0 Å². The Morgan fingerprint density at radius 2 is 1.66 bits per heavy atom. The monoisotopic (exact) mass is 384 g/mol. The van der Waals surface area contributed by atoms with E-state index >= 15 is 4.39 Å². The Kier molecular flexibility index (Phi) is 6.00. The van der Waals surface area contributed by atoms with Crippen LogP contribution in [-0.4, -0.2) is 0 Å². The van der Waals surface area contributed by atoms with Crippen molar-refractivity contribution >= 4 is 10.8 Å². The van der Waals surface area contributed by atoms with E-state index in [0.29, 0.717) is 16.9 Å². The summed E-state index contributed by atoms with van der Waals surface area (Å²) in [5.41, 5.74) is 3.93. The molecule has 1 fully saturated rings. The first-order chi connectivity index (χ1) is 14.1. The lowest BCUT2D eigenvalue weighted by Gasteiger charge is -2.28. The molecule has 4 rings (SSSR count). The second-order valence-electron chi connectivity index (χ2n) is 8.53. The number of aryl methyl sites for hydroxylation is 1. The largest absolute Gasteiger partial charge is 0.205 e. The molecule has 0 aliphatic heterocycles. The van der Waals surface area contributed by atoms with Crippen molar-refractivity contribution in [3.8, 4) is 11.8 Å². The smallest absolute Gasteiger partial charge is 0.146 e. The minimum absolute atomic E-state index is 0.208. The lowest BCUT2D eigenvalue weighted by Crippen LogP contribution is -2.13. The van der Waals surface area contributed by atoms with Gasteiger partial charge in [-0.25, -0.2) is 4.39 Å². The predicted molar refractivity (Wildman–Crippen MR) is 121 cm³/mol. The zero-order chi connectivity index (χ0) is 20.2. The van der Waals surface area contributed by atoms with E-state index in [1.807, 2.05) is 49.4 Å². The van der Waals surface area contributed by atoms with Gasteiger partial charge in [0.1, 0.15) is 5.82 Å². The highest BCUT2D eigenvalue weighted by Gasteiger charge is 2.22. The quantitative estimate of drug-likeness (QED) is 0.405. The van der Waals surface area contributed by atoms with Crippen LogP contribution in [0.3, 0.4) is 0 Å². The Bertz CT molecular complexity index is 1040. The minimum Gasteiger partial charge on any atom is -0.205 e. The summed E-state index contributed by atoms with van der Waals surface area (Å²) in [5, 5.41) is 1.65. The molecule has 1 aliphatic rings. The van der Waals surface area contributed by atoms with Gasteiger partial charge in [0, 0.05) is 10.9 Å². The van der Waals surface area contributed by atoms with E-state index in [1.54, 1.807) is 0 Å². The highest BCUT2D eigenvalue weighted by Crippen LogP contribution is 2.38. The molecular formula is C28H29F. The number of hydrogen-bond acceptors (Lipinski definition) is 0. The van der Waals surface area contributed by atoms with Gasteiger partial charge in [-0.15, -0.1) is 0 Å². The summed E-state index contributed by atoms with van der Waals surface area (Å²) in [6, 6.07) is 18.1. The van der Waals surface area contributed by atoms with Gasteiger partial charge in [-0.05, 0) is 73.6 Å². The summed E-state index contributed by atoms with van der Waals surface area (Å²) in [7, 11) is 0. The normalized spacial score (nSPS) is 19.0. The number of hydrogen-bond donors (Lipinski definition) is 0. The standard InChI is InChI=1S/C28H29F/c1-3-4-21-9-12-23(13-10-21)25-17-18-27-26(19-25)16-15-24(28(27)29)14-11-22-7-5-20(2)6-8-22/h5-8,15-19,21,23H,3-4,9-10,12-13H2,1-2H3. The molecule has 0 heterocycles. The van der Waals surface area contributed by atoms with Crippen LogP contribution in [0.2, 0.25) is 0 Å². The molecule has 0 aromatic heterocycles. The lowest BCUT2D eigenvalue weighted by atomic mass is 9.77. The van der Waals surface area contributed by atoms with Crippen molar-refractivity contribution in [3.63, 3.8) is 0 Å². The first-order valence-electron chi connectivity index (χ1n) is 10.9. The Hall–Kier alpha value is -2.59. The minimum atomic E-state index is -0.208. The van der Waals surface area contributed by atoms with Crippen molar-refractivity contribution in [2.75, 3.05) is 0 Å². The first kappa shape index (κ1) is 19.7. The topological polar surface area (TPSA) is 0 Å². The van der Waals surface area contributed by atoms with E-state index in [-0.39, 0.29) is 5.82 Å². The summed E-state index contributed by atoms with van der Waals surface area (Å²) in [5.74, 6) is 7.41. The fraction of sp³-hybridized carbons (Fsp3) is 0.357. The summed E-state index contributed by atoms with van der Waals surface area (Å²) in [4.78, 5) is 0. The van der Waals surface area contributed by atoms with E-state index in [9.17, 15) is 0 Å². The van der Waals surface area contributed by atoms with E-state index in [2.05, 4.69) is 30.9 Å². The molecule has 1 heteroatoms. The van der Waals surface area contributed by atoms with Gasteiger partial charge >= 0.3 is 0 Å². The van der Waals surface area contributed by atoms with E-state index < -0.39 is 0 Å². The molecule has 0 N–H and O–H groups in total. The summed E-state index contributed by atoms with van der Waals surface area (Å²) >= 11 is 0. The van der Waals surface area contributed by atoms with Crippen molar-refractivity contribution in [3.05, 3.63) is 82.7 Å². The second kappa shape index (κ2) is 8.83. The van der Waals surface area contributed by atoms with E-state index in [0.717, 1.165) is 16.9 Å². The van der Waals surface area contributed by atoms with Crippen molar-refractivity contribution < 1.29 is 4.39 Å². The molecule has 0 atom stereocenters. The van der Waals surface area contributed by atoms with Gasteiger partial charge in [-0.2, -0.15) is 0 Å². The van der Waals surface area contributed by atoms with Crippen molar-refractivity contribution in [2.45, 2.75) is 58.3 Å². The lowest BCUT2D eigenvalue weighted by molar-refractivity contribution is 0.308. The Labute approximate surface area is 174 Å². The molecule has 0 amide bonds. The van der Waals surface area contributed by atoms with Gasteiger partial charge in [-0.1, -0.05) is 73.6 Å². The van der Waals surface area contributed by atoms with E-state index in [4.69, 9.17) is 0 Å². The van der Waals surface area contributed by atoms with Crippen LogP contribution < -0.4 is 0 Å². The molecule has 0 bridgehead atoms. The predicted octanol–water partition coefficient (Wildman–Crippen LogP) is 7.76. The Balaban J connectivity index is 1.55. The van der Waals surface area contributed by atoms with Gasteiger partial charge in [0.25, 0.3) is 0 Å². The van der Waals surface area contributed by atoms with Crippen LogP contribution in [0, 0.1) is 30.5 Å². The Morgan fingerprint density at radius 1 is 0.897 bits per heavy atom. The second-order valence-corrected chi connectivity index (χ2v) is 8.53. The molecule has 148 valence electrons. The average molecular weight is 385 g/mol. The molecule has 29 heavy (non-hydrogen) atoms. The van der Waals surface area contributed by atoms with Gasteiger partial charge in [-0.3, -0.25) is 0 Å². The van der Waals surface area contributed by atoms with Gasteiger partial charge < -0.3 is 0 Å². The maximum Gasteiger partial charge on any atom is 0.146 e. The van der Waals surface area contributed by atoms with Crippen LogP contribution in [-0.2, 0) is 0 Å². The molecule has 0 saturated heterocycles. The number of fused-ring (bicyclic) bond motifs is 1. The van der Waals surface area contributed by atoms with E-state index in [1.165, 1.54) is 49.7 Å². The number of halogens is 1. The molecule has 0 spiro atoms. The van der Waals surface area contributed by atoms with Crippen molar-refractivity contribution in [2.24, 2.45) is 5.92 Å². The first-order valence-corrected chi connectivity index (χ1v) is 10.9. The third-order valence-corrected chi connectivity index (χ3v) is 6.39. The van der Waals surface area contributed by atoms with Crippen LogP contribution in [0.15, 0.2) is 54.6 Å². The fourth-order valence-electron chi connectivity index (χ4n) is 4.63. The SMILES string of the molecule is CCCC1CCC(c2ccc3c(F)c(C#Cc4ccc(C)cc4)ccc3c2)CC1. The molecule has 1 aliphatic carbocycles.